The van der Waals surface area contributed by atoms with E-state index in [-0.39, 0.29) is 55.9 Å². The van der Waals surface area contributed by atoms with E-state index < -0.39 is 17.7 Å². The molecule has 9 nitrogen and oxygen atoms in total. The lowest BCUT2D eigenvalue weighted by atomic mass is 9.55. The van der Waals surface area contributed by atoms with Crippen molar-refractivity contribution < 1.29 is 38.4 Å². The van der Waals surface area contributed by atoms with Gasteiger partial charge in [0, 0.05) is 49.6 Å². The predicted octanol–water partition coefficient (Wildman–Crippen LogP) is 11.2. The molecule has 1 aliphatic heterocycles. The summed E-state index contributed by atoms with van der Waals surface area (Å²) in [5.74, 6) is -0.388. The third-order valence-corrected chi connectivity index (χ3v) is 14.5. The molecule has 10 heteroatoms. The molecule has 6 atom stereocenters. The van der Waals surface area contributed by atoms with Gasteiger partial charge in [0.05, 0.1) is 18.2 Å². The van der Waals surface area contributed by atoms with Crippen LogP contribution in [0.5, 0.6) is 11.5 Å². The van der Waals surface area contributed by atoms with Gasteiger partial charge >= 0.3 is 0 Å². The number of ether oxygens (including phenoxy) is 3. The normalized spacial score (nSPS) is 24.2. The minimum absolute atomic E-state index is 0.0552. The van der Waals surface area contributed by atoms with Gasteiger partial charge in [0.1, 0.15) is 36.6 Å². The van der Waals surface area contributed by atoms with Gasteiger partial charge in [0.25, 0.3) is 0 Å². The number of aliphatic hydroxyl groups excluding tert-OH is 2. The zero-order valence-electron chi connectivity index (χ0n) is 38.1. The number of allylic oxidation sites excluding steroid dienone is 1. The highest BCUT2D eigenvalue weighted by Crippen LogP contribution is 2.62. The Kier molecular flexibility index (Phi) is 15.7. The number of amides is 1. The van der Waals surface area contributed by atoms with Gasteiger partial charge in [-0.2, -0.15) is 0 Å². The molecule has 0 bridgehead atoms. The van der Waals surface area contributed by atoms with E-state index in [9.17, 15) is 14.6 Å². The van der Waals surface area contributed by atoms with Crippen LogP contribution in [0.1, 0.15) is 113 Å². The predicted molar refractivity (Wildman–Crippen MR) is 253 cm³/mol. The zero-order valence-corrected chi connectivity index (χ0v) is 38.1. The molecule has 4 aromatic rings. The summed E-state index contributed by atoms with van der Waals surface area (Å²) in [4.78, 5) is 23.4. The molecule has 2 N–H and O–H groups in total. The van der Waals surface area contributed by atoms with Gasteiger partial charge < -0.3 is 34.2 Å². The Hall–Kier alpha value is -5.03. The first-order valence-corrected chi connectivity index (χ1v) is 24.2. The van der Waals surface area contributed by atoms with Crippen molar-refractivity contribution in [1.82, 2.24) is 4.90 Å². The van der Waals surface area contributed by atoms with Gasteiger partial charge in [-0.3, -0.25) is 4.79 Å². The number of fused-ring (bicyclic) bond motifs is 3. The molecule has 0 radical (unpaired) electrons. The van der Waals surface area contributed by atoms with Gasteiger partial charge in [-0.1, -0.05) is 116 Å². The lowest BCUT2D eigenvalue weighted by Crippen LogP contribution is -2.70. The number of benzene rings is 4. The summed E-state index contributed by atoms with van der Waals surface area (Å²) in [5.41, 5.74) is 4.22. The summed E-state index contributed by atoms with van der Waals surface area (Å²) in [5, 5.41) is 27.1. The van der Waals surface area contributed by atoms with Crippen LogP contribution >= 0.6 is 0 Å². The Balaban J connectivity index is 1.32. The maximum Gasteiger partial charge on any atom is 0.239 e. The smallest absolute Gasteiger partial charge is 0.239 e. The molecule has 0 unspecified atom stereocenters. The Morgan fingerprint density at radius 3 is 2.48 bits per heavy atom. The first-order valence-electron chi connectivity index (χ1n) is 24.2. The highest BCUT2D eigenvalue weighted by Gasteiger charge is 2.65. The fourth-order valence-corrected chi connectivity index (χ4v) is 11.4. The Labute approximate surface area is 384 Å². The molecule has 1 amide bonds. The third kappa shape index (κ3) is 10.2. The molecule has 8 rings (SSSR count). The largest absolute Gasteiger partial charge is 0.489 e. The minimum Gasteiger partial charge on any atom is -0.489 e. The Morgan fingerprint density at radius 1 is 0.938 bits per heavy atom. The number of hydrogen-bond acceptors (Lipinski definition) is 8. The van der Waals surface area contributed by atoms with Crippen molar-refractivity contribution in [2.45, 2.75) is 121 Å². The van der Waals surface area contributed by atoms with Gasteiger partial charge in [-0.25, -0.2) is 4.39 Å². The van der Waals surface area contributed by atoms with Crippen molar-refractivity contribution >= 4 is 22.4 Å². The van der Waals surface area contributed by atoms with Crippen LogP contribution in [0.3, 0.4) is 0 Å². The average Bonchev–Trinajstić information content (AvgIpc) is 3.86. The second kappa shape index (κ2) is 22.0. The van der Waals surface area contributed by atoms with E-state index in [4.69, 9.17) is 24.2 Å². The summed E-state index contributed by atoms with van der Waals surface area (Å²) < 4.78 is 36.0. The van der Waals surface area contributed by atoms with E-state index in [1.165, 1.54) is 18.9 Å². The first kappa shape index (κ1) is 46.5. The number of carbonyl (C=O) groups is 1. The Morgan fingerprint density at radius 2 is 1.69 bits per heavy atom. The molecular formula is C55H67FN2O7. The number of hydrogen-bond donors (Lipinski definition) is 2. The molecule has 65 heavy (non-hydrogen) atoms. The summed E-state index contributed by atoms with van der Waals surface area (Å²) >= 11 is 0. The van der Waals surface area contributed by atoms with Gasteiger partial charge in [0.2, 0.25) is 11.7 Å². The van der Waals surface area contributed by atoms with Crippen LogP contribution in [-0.4, -0.2) is 65.0 Å². The molecule has 0 aromatic heterocycles. The fourth-order valence-electron chi connectivity index (χ4n) is 11.4. The van der Waals surface area contributed by atoms with Crippen LogP contribution in [0.25, 0.3) is 10.8 Å². The van der Waals surface area contributed by atoms with E-state index >= 15 is 4.79 Å². The van der Waals surface area contributed by atoms with Crippen LogP contribution in [-0.2, 0) is 27.5 Å². The highest BCUT2D eigenvalue weighted by atomic mass is 19.1. The van der Waals surface area contributed by atoms with Crippen molar-refractivity contribution in [2.75, 3.05) is 26.4 Å². The molecule has 2 saturated carbocycles. The first-order chi connectivity index (χ1) is 31.9. The number of halogens is 1. The standard InChI is InChI=1S/C55H67FN2O7/c1-3-32-63-55-51(58(52(61)29-26-38-16-5-6-17-38)36-41-22-15-21-39-18-7-9-23-44(39)41)35-49(57-64-4-2)46-33-40(19-11-13-30-59)45(24-12-14-31-60)53(54(46)55)47-34-43(27-28-50(47)65-55)62-37-42-20-8-10-25-48(42)56/h3,7-10,15,18,20-23,25,27-28,33-34,38,40,45,51,53-54,59-60H,1,4-6,11-14,16-17,19,24,26,29-32,35-37H2,2H3/t40-,45+,51-,53+,54+,55+/m0/s1. The molecule has 346 valence electrons. The van der Waals surface area contributed by atoms with E-state index in [1.54, 1.807) is 24.3 Å². The quantitative estimate of drug-likeness (QED) is 0.0459. The minimum atomic E-state index is -1.38. The van der Waals surface area contributed by atoms with Gasteiger partial charge in [-0.15, -0.1) is 6.58 Å². The van der Waals surface area contributed by atoms with Crippen molar-refractivity contribution in [3.05, 3.63) is 132 Å². The lowest BCUT2D eigenvalue weighted by Gasteiger charge is -2.60. The molecule has 3 aliphatic carbocycles. The number of aliphatic hydroxyl groups is 2. The van der Waals surface area contributed by atoms with Crippen LogP contribution in [0.4, 0.5) is 4.39 Å². The van der Waals surface area contributed by atoms with Crippen molar-refractivity contribution in [3.63, 3.8) is 0 Å². The number of carbonyl (C=O) groups excluding carboxylic acids is 1. The summed E-state index contributed by atoms with van der Waals surface area (Å²) in [7, 11) is 0. The molecule has 4 aliphatic rings. The highest BCUT2D eigenvalue weighted by molar-refractivity contribution is 6.03. The summed E-state index contributed by atoms with van der Waals surface area (Å²) in [6.07, 6.45) is 15.1. The van der Waals surface area contributed by atoms with Gasteiger partial charge in [-0.05, 0) is 103 Å². The third-order valence-electron chi connectivity index (χ3n) is 14.5. The monoisotopic (exact) mass is 886 g/mol. The molecule has 0 saturated heterocycles. The van der Waals surface area contributed by atoms with E-state index in [0.717, 1.165) is 78.1 Å². The second-order valence-electron chi connectivity index (χ2n) is 18.4. The van der Waals surface area contributed by atoms with Crippen LogP contribution in [0.2, 0.25) is 0 Å². The molecule has 1 heterocycles. The molecule has 0 spiro atoms. The topological polar surface area (TPSA) is 110 Å². The van der Waals surface area contributed by atoms with Crippen molar-refractivity contribution in [1.29, 1.82) is 0 Å². The zero-order chi connectivity index (χ0) is 45.2. The number of oxime groups is 1. The van der Waals surface area contributed by atoms with Crippen molar-refractivity contribution in [3.8, 4) is 11.5 Å². The number of rotatable bonds is 22. The van der Waals surface area contributed by atoms with Crippen LogP contribution in [0, 0.1) is 29.5 Å². The second-order valence-corrected chi connectivity index (χ2v) is 18.4. The van der Waals surface area contributed by atoms with Crippen LogP contribution < -0.4 is 9.47 Å². The van der Waals surface area contributed by atoms with Crippen molar-refractivity contribution in [2.24, 2.45) is 28.8 Å². The lowest BCUT2D eigenvalue weighted by molar-refractivity contribution is -0.258. The number of unbranched alkanes of at least 4 members (excludes halogenated alkanes) is 2. The average molecular weight is 887 g/mol. The SMILES string of the molecule is C=CCO[C@@]12Oc3ccc(OCc4ccccc4F)cc3[C@H]3[C@H](CCCCO)[C@@H](CCCCO)C=C(C(=NOCC)C[C@@H]1N(Cc1cccc4ccccc14)C(=O)CCC1CCCC1)[C@H]32. The van der Waals surface area contributed by atoms with E-state index in [2.05, 4.69) is 49.1 Å². The Bertz CT molecular complexity index is 2300. The van der Waals surface area contributed by atoms with Gasteiger partial charge in [0.15, 0.2) is 0 Å². The van der Waals surface area contributed by atoms with E-state index in [1.807, 2.05) is 36.1 Å². The van der Waals surface area contributed by atoms with Crippen LogP contribution in [0.15, 0.2) is 114 Å². The summed E-state index contributed by atoms with van der Waals surface area (Å²) in [6, 6.07) is 26.5. The molecule has 4 aromatic carbocycles. The maximum atomic E-state index is 15.4. The fraction of sp³-hybridized carbons (Fsp3) is 0.491. The molecular weight excluding hydrogens is 820 g/mol. The number of nitrogens with zero attached hydrogens (tertiary/aromatic N) is 2. The maximum absolute atomic E-state index is 15.4. The van der Waals surface area contributed by atoms with E-state index in [0.29, 0.717) is 61.8 Å². The molecule has 2 fully saturated rings. The summed E-state index contributed by atoms with van der Waals surface area (Å²) in [6.45, 7) is 7.19.